The van der Waals surface area contributed by atoms with Crippen molar-refractivity contribution in [3.05, 3.63) is 0 Å². The van der Waals surface area contributed by atoms with Gasteiger partial charge in [-0.05, 0) is 31.6 Å². The third-order valence-electron chi connectivity index (χ3n) is 4.14. The molecule has 2 aliphatic rings. The number of nitrogens with zero attached hydrogens (tertiary/aromatic N) is 1. The first-order valence-electron chi connectivity index (χ1n) is 7.33. The molecule has 110 valence electrons. The van der Waals surface area contributed by atoms with E-state index in [-0.39, 0.29) is 18.6 Å². The number of nitrogens with one attached hydrogen (secondary N) is 1. The van der Waals surface area contributed by atoms with E-state index in [2.05, 4.69) is 11.2 Å². The van der Waals surface area contributed by atoms with Crippen LogP contribution in [0.1, 0.15) is 38.5 Å². The summed E-state index contributed by atoms with van der Waals surface area (Å²) >= 11 is 0. The maximum absolute atomic E-state index is 12.3. The van der Waals surface area contributed by atoms with E-state index in [4.69, 9.17) is 6.42 Å². The number of rotatable bonds is 5. The maximum atomic E-state index is 12.3. The Hall–Kier alpha value is -1.70. The van der Waals surface area contributed by atoms with Gasteiger partial charge in [-0.15, -0.1) is 6.42 Å². The second-order valence-electron chi connectivity index (χ2n) is 5.81. The molecule has 20 heavy (non-hydrogen) atoms. The highest BCUT2D eigenvalue weighted by Gasteiger charge is 2.33. The highest BCUT2D eigenvalue weighted by molar-refractivity contribution is 5.77. The Labute approximate surface area is 119 Å². The topological polar surface area (TPSA) is 69.6 Å². The van der Waals surface area contributed by atoms with Crippen LogP contribution in [0.4, 0.5) is 4.79 Å². The van der Waals surface area contributed by atoms with E-state index < -0.39 is 11.9 Å². The van der Waals surface area contributed by atoms with E-state index in [1.165, 1.54) is 0 Å². The van der Waals surface area contributed by atoms with Crippen molar-refractivity contribution in [2.24, 2.45) is 11.8 Å². The van der Waals surface area contributed by atoms with Crippen LogP contribution in [0.5, 0.6) is 0 Å². The van der Waals surface area contributed by atoms with Crippen molar-refractivity contribution in [1.29, 1.82) is 0 Å². The predicted octanol–water partition coefficient (Wildman–Crippen LogP) is 1.68. The summed E-state index contributed by atoms with van der Waals surface area (Å²) in [5.41, 5.74) is 0. The first-order chi connectivity index (χ1) is 9.61. The number of carboxylic acid groups (broad SMARTS) is 1. The van der Waals surface area contributed by atoms with Crippen LogP contribution < -0.4 is 5.32 Å². The van der Waals surface area contributed by atoms with Gasteiger partial charge in [-0.3, -0.25) is 4.79 Å². The van der Waals surface area contributed by atoms with Crippen LogP contribution in [0.25, 0.3) is 0 Å². The summed E-state index contributed by atoms with van der Waals surface area (Å²) in [4.78, 5) is 25.1. The van der Waals surface area contributed by atoms with E-state index in [9.17, 15) is 14.7 Å². The minimum absolute atomic E-state index is 0.215. The summed E-state index contributed by atoms with van der Waals surface area (Å²) in [5.74, 6) is 1.78. The Kier molecular flexibility index (Phi) is 4.89. The number of urea groups is 1. The number of hydrogen-bond donors (Lipinski definition) is 2. The normalized spacial score (nSPS) is 25.6. The fourth-order valence-corrected chi connectivity index (χ4v) is 2.79. The molecule has 2 rings (SSSR count). The molecule has 0 saturated heterocycles. The molecule has 0 heterocycles. The number of carboxylic acids is 1. The fourth-order valence-electron chi connectivity index (χ4n) is 2.79. The van der Waals surface area contributed by atoms with E-state index in [0.717, 1.165) is 32.1 Å². The molecule has 0 aromatic carbocycles. The quantitative estimate of drug-likeness (QED) is 0.752. The zero-order chi connectivity index (χ0) is 14.5. The van der Waals surface area contributed by atoms with Gasteiger partial charge in [0.25, 0.3) is 0 Å². The van der Waals surface area contributed by atoms with E-state index in [1.54, 1.807) is 4.90 Å². The molecule has 0 spiro atoms. The second kappa shape index (κ2) is 6.65. The molecule has 2 N–H and O–H groups in total. The lowest BCUT2D eigenvalue weighted by Crippen LogP contribution is -2.50. The summed E-state index contributed by atoms with van der Waals surface area (Å²) < 4.78 is 0. The smallest absolute Gasteiger partial charge is 0.318 e. The molecule has 2 aliphatic carbocycles. The van der Waals surface area contributed by atoms with Crippen LogP contribution in [-0.2, 0) is 4.79 Å². The number of carbonyl (C=O) groups excluding carboxylic acids is 1. The average Bonchev–Trinajstić information content (AvgIpc) is 3.22. The summed E-state index contributed by atoms with van der Waals surface area (Å²) in [6.45, 7) is 0.966. The van der Waals surface area contributed by atoms with Gasteiger partial charge >= 0.3 is 12.0 Å². The third-order valence-corrected chi connectivity index (χ3v) is 4.14. The molecule has 5 nitrogen and oxygen atoms in total. The van der Waals surface area contributed by atoms with Crippen LogP contribution in [0.3, 0.4) is 0 Å². The Bertz CT molecular complexity index is 412. The molecule has 2 amide bonds. The van der Waals surface area contributed by atoms with Gasteiger partial charge in [0.05, 0.1) is 12.5 Å². The summed E-state index contributed by atoms with van der Waals surface area (Å²) in [5, 5.41) is 12.1. The van der Waals surface area contributed by atoms with E-state index >= 15 is 0 Å². The Morgan fingerprint density at radius 2 is 1.95 bits per heavy atom. The second-order valence-corrected chi connectivity index (χ2v) is 5.81. The van der Waals surface area contributed by atoms with Crippen LogP contribution in [0, 0.1) is 24.2 Å². The Morgan fingerprint density at radius 3 is 2.55 bits per heavy atom. The third kappa shape index (κ3) is 3.89. The lowest BCUT2D eigenvalue weighted by atomic mass is 9.84. The zero-order valence-corrected chi connectivity index (χ0v) is 11.7. The molecule has 0 bridgehead atoms. The van der Waals surface area contributed by atoms with Crippen molar-refractivity contribution in [2.75, 3.05) is 13.1 Å². The van der Waals surface area contributed by atoms with E-state index in [1.807, 2.05) is 0 Å². The molecule has 2 unspecified atom stereocenters. The summed E-state index contributed by atoms with van der Waals surface area (Å²) in [6, 6.07) is -0.485. The molecule has 2 fully saturated rings. The SMILES string of the molecule is C#CCN(CC1CC1)C(=O)NC1CCCCC1C(=O)O. The minimum atomic E-state index is -0.819. The number of aliphatic carboxylic acids is 1. The largest absolute Gasteiger partial charge is 0.481 e. The summed E-state index contributed by atoms with van der Waals surface area (Å²) in [6.07, 6.45) is 10.9. The molecular weight excluding hydrogens is 256 g/mol. The highest BCUT2D eigenvalue weighted by atomic mass is 16.4. The fraction of sp³-hybridized carbons (Fsp3) is 0.733. The van der Waals surface area contributed by atoms with Crippen molar-refractivity contribution < 1.29 is 14.7 Å². The Morgan fingerprint density at radius 1 is 1.25 bits per heavy atom. The van der Waals surface area contributed by atoms with Crippen molar-refractivity contribution in [3.8, 4) is 12.3 Å². The van der Waals surface area contributed by atoms with Crippen LogP contribution >= 0.6 is 0 Å². The van der Waals surface area contributed by atoms with Gasteiger partial charge in [0, 0.05) is 12.6 Å². The maximum Gasteiger partial charge on any atom is 0.318 e. The van der Waals surface area contributed by atoms with Gasteiger partial charge in [-0.25, -0.2) is 4.79 Å². The number of hydrogen-bond acceptors (Lipinski definition) is 2. The van der Waals surface area contributed by atoms with Gasteiger partial charge in [0.2, 0.25) is 0 Å². The molecular formula is C15H22N2O3. The van der Waals surface area contributed by atoms with Crippen molar-refractivity contribution in [1.82, 2.24) is 10.2 Å². The van der Waals surface area contributed by atoms with Gasteiger partial charge in [0.1, 0.15) is 0 Å². The van der Waals surface area contributed by atoms with E-state index in [0.29, 0.717) is 18.9 Å². The zero-order valence-electron chi connectivity index (χ0n) is 11.7. The standard InChI is InChI=1S/C15H22N2O3/c1-2-9-17(10-11-7-8-11)15(20)16-13-6-4-3-5-12(13)14(18)19/h1,11-13H,3-10H2,(H,16,20)(H,18,19). The molecule has 2 atom stereocenters. The number of terminal acetylenes is 1. The number of amides is 2. The number of carbonyl (C=O) groups is 2. The molecule has 0 aromatic heterocycles. The van der Waals surface area contributed by atoms with Crippen molar-refractivity contribution in [2.45, 2.75) is 44.6 Å². The highest BCUT2D eigenvalue weighted by Crippen LogP contribution is 2.30. The molecule has 0 radical (unpaired) electrons. The van der Waals surface area contributed by atoms with Crippen molar-refractivity contribution >= 4 is 12.0 Å². The van der Waals surface area contributed by atoms with Crippen LogP contribution in [0.15, 0.2) is 0 Å². The van der Waals surface area contributed by atoms with Crippen LogP contribution in [0.2, 0.25) is 0 Å². The monoisotopic (exact) mass is 278 g/mol. The van der Waals surface area contributed by atoms with Gasteiger partial charge in [-0.2, -0.15) is 0 Å². The van der Waals surface area contributed by atoms with Gasteiger partial charge in [0.15, 0.2) is 0 Å². The molecule has 0 aliphatic heterocycles. The minimum Gasteiger partial charge on any atom is -0.481 e. The lowest BCUT2D eigenvalue weighted by Gasteiger charge is -2.31. The van der Waals surface area contributed by atoms with Crippen LogP contribution in [-0.4, -0.2) is 41.1 Å². The average molecular weight is 278 g/mol. The molecule has 2 saturated carbocycles. The lowest BCUT2D eigenvalue weighted by molar-refractivity contribution is -0.143. The van der Waals surface area contributed by atoms with Gasteiger partial charge in [-0.1, -0.05) is 18.8 Å². The molecule has 0 aromatic rings. The first kappa shape index (κ1) is 14.7. The Balaban J connectivity index is 1.92. The van der Waals surface area contributed by atoms with Crippen molar-refractivity contribution in [3.63, 3.8) is 0 Å². The first-order valence-corrected chi connectivity index (χ1v) is 7.33. The molecule has 5 heteroatoms. The predicted molar refractivity (Wildman–Crippen MR) is 75.0 cm³/mol. The van der Waals surface area contributed by atoms with Gasteiger partial charge < -0.3 is 15.3 Å². The summed E-state index contributed by atoms with van der Waals surface area (Å²) in [7, 11) is 0.